The van der Waals surface area contributed by atoms with Gasteiger partial charge in [-0.3, -0.25) is 0 Å². The summed E-state index contributed by atoms with van der Waals surface area (Å²) in [6, 6.07) is 12.9. The molecule has 0 spiro atoms. The van der Waals surface area contributed by atoms with E-state index in [4.69, 9.17) is 0 Å². The van der Waals surface area contributed by atoms with E-state index >= 15 is 0 Å². The van der Waals surface area contributed by atoms with Crippen molar-refractivity contribution in [1.29, 1.82) is 0 Å². The average molecular weight is 198 g/mol. The number of benzene rings is 2. The number of rotatable bonds is 1. The van der Waals surface area contributed by atoms with E-state index in [0.29, 0.717) is 0 Å². The molecule has 0 bridgehead atoms. The Labute approximate surface area is 92.3 Å². The van der Waals surface area contributed by atoms with Gasteiger partial charge in [-0.2, -0.15) is 0 Å². The number of hydrogen-bond donors (Lipinski definition) is 0. The molecule has 2 aromatic carbocycles. The van der Waals surface area contributed by atoms with E-state index < -0.39 is 0 Å². The highest BCUT2D eigenvalue weighted by molar-refractivity contribution is 5.85. The molecule has 2 rings (SSSR count). The summed E-state index contributed by atoms with van der Waals surface area (Å²) in [4.78, 5) is 0. The topological polar surface area (TPSA) is 0 Å². The molecule has 0 fully saturated rings. The Kier molecular flexibility index (Phi) is 4.11. The molecule has 0 atom stereocenters. The Morgan fingerprint density at radius 1 is 0.933 bits per heavy atom. The van der Waals surface area contributed by atoms with Gasteiger partial charge in [0.25, 0.3) is 0 Å². The third-order valence-corrected chi connectivity index (χ3v) is 2.26. The summed E-state index contributed by atoms with van der Waals surface area (Å²) in [5, 5.41) is 2.58. The Morgan fingerprint density at radius 3 is 2.27 bits per heavy atom. The third-order valence-electron chi connectivity index (χ3n) is 2.26. The lowest BCUT2D eigenvalue weighted by atomic mass is 10.0. The van der Waals surface area contributed by atoms with Crippen molar-refractivity contribution in [1.82, 2.24) is 0 Å². The van der Waals surface area contributed by atoms with Crippen LogP contribution in [0.15, 0.2) is 43.0 Å². The first-order valence-corrected chi connectivity index (χ1v) is 5.42. The van der Waals surface area contributed by atoms with Crippen molar-refractivity contribution in [2.45, 2.75) is 20.8 Å². The number of aryl methyl sites for hydroxylation is 1. The largest absolute Gasteiger partial charge is 0.0985 e. The predicted molar refractivity (Wildman–Crippen MR) is 70.1 cm³/mol. The lowest BCUT2D eigenvalue weighted by Crippen LogP contribution is -1.77. The second-order valence-corrected chi connectivity index (χ2v) is 3.31. The standard InChI is InChI=1S/C13H12.C2H6/c1-3-11-5-7-12-6-4-10(2)8-13(12)9-11;1-2/h3-9H,1H2,2H3;1-2H3. The monoisotopic (exact) mass is 198 g/mol. The van der Waals surface area contributed by atoms with Crippen molar-refractivity contribution in [3.63, 3.8) is 0 Å². The molecule has 0 heterocycles. The van der Waals surface area contributed by atoms with Crippen molar-refractivity contribution >= 4 is 16.8 Å². The minimum atomic E-state index is 1.18. The first-order chi connectivity index (χ1) is 7.29. The first kappa shape index (κ1) is 11.5. The maximum absolute atomic E-state index is 3.76. The van der Waals surface area contributed by atoms with E-state index in [1.807, 2.05) is 19.9 Å². The molecule has 0 amide bonds. The van der Waals surface area contributed by atoms with E-state index in [1.54, 1.807) is 0 Å². The zero-order chi connectivity index (χ0) is 11.3. The predicted octanol–water partition coefficient (Wildman–Crippen LogP) is 4.82. The van der Waals surface area contributed by atoms with Gasteiger partial charge >= 0.3 is 0 Å². The van der Waals surface area contributed by atoms with Crippen LogP contribution in [0.25, 0.3) is 16.8 Å². The van der Waals surface area contributed by atoms with Crippen molar-refractivity contribution in [3.8, 4) is 0 Å². The molecule has 0 aliphatic heterocycles. The molecule has 0 unspecified atom stereocenters. The van der Waals surface area contributed by atoms with Gasteiger partial charge in [0.05, 0.1) is 0 Å². The summed E-state index contributed by atoms with van der Waals surface area (Å²) in [6.07, 6.45) is 1.88. The zero-order valence-corrected chi connectivity index (χ0v) is 9.75. The van der Waals surface area contributed by atoms with Crippen molar-refractivity contribution in [2.75, 3.05) is 0 Å². The van der Waals surface area contributed by atoms with Crippen LogP contribution < -0.4 is 0 Å². The molecule has 0 nitrogen and oxygen atoms in total. The smallest absolute Gasteiger partial charge is 0.0175 e. The SMILES string of the molecule is C=Cc1ccc2ccc(C)cc2c1.CC. The van der Waals surface area contributed by atoms with Crippen LogP contribution in [0, 0.1) is 6.92 Å². The van der Waals surface area contributed by atoms with Gasteiger partial charge in [-0.25, -0.2) is 0 Å². The van der Waals surface area contributed by atoms with E-state index in [1.165, 1.54) is 21.9 Å². The molecular weight excluding hydrogens is 180 g/mol. The van der Waals surface area contributed by atoms with Crippen LogP contribution in [0.1, 0.15) is 25.0 Å². The lowest BCUT2D eigenvalue weighted by molar-refractivity contribution is 1.50. The van der Waals surface area contributed by atoms with Gasteiger partial charge in [-0.1, -0.05) is 62.4 Å². The van der Waals surface area contributed by atoms with Gasteiger partial charge in [-0.05, 0) is 29.3 Å². The Bertz CT molecular complexity index is 453. The van der Waals surface area contributed by atoms with Gasteiger partial charge in [0, 0.05) is 0 Å². The second kappa shape index (κ2) is 5.35. The third kappa shape index (κ3) is 2.69. The molecule has 0 saturated heterocycles. The quantitative estimate of drug-likeness (QED) is 0.616. The molecule has 0 aliphatic carbocycles. The van der Waals surface area contributed by atoms with Gasteiger partial charge in [0.15, 0.2) is 0 Å². The summed E-state index contributed by atoms with van der Waals surface area (Å²) in [6.45, 7) is 9.87. The molecule has 0 radical (unpaired) electrons. The fraction of sp³-hybridized carbons (Fsp3) is 0.200. The van der Waals surface area contributed by atoms with Crippen molar-refractivity contribution in [3.05, 3.63) is 54.1 Å². The molecule has 15 heavy (non-hydrogen) atoms. The Balaban J connectivity index is 0.000000531. The highest BCUT2D eigenvalue weighted by atomic mass is 14.0. The number of hydrogen-bond acceptors (Lipinski definition) is 0. The maximum Gasteiger partial charge on any atom is -0.0175 e. The van der Waals surface area contributed by atoms with E-state index in [0.717, 1.165) is 0 Å². The molecular formula is C15H18. The molecule has 0 N–H and O–H groups in total. The van der Waals surface area contributed by atoms with Crippen molar-refractivity contribution < 1.29 is 0 Å². The van der Waals surface area contributed by atoms with Crippen LogP contribution in [0.3, 0.4) is 0 Å². The minimum Gasteiger partial charge on any atom is -0.0985 e. The lowest BCUT2D eigenvalue weighted by Gasteiger charge is -2.00. The highest BCUT2D eigenvalue weighted by Crippen LogP contribution is 2.17. The fourth-order valence-corrected chi connectivity index (χ4v) is 1.51. The van der Waals surface area contributed by atoms with E-state index in [2.05, 4.69) is 49.9 Å². The highest BCUT2D eigenvalue weighted by Gasteiger charge is 1.93. The first-order valence-electron chi connectivity index (χ1n) is 5.42. The van der Waals surface area contributed by atoms with Crippen LogP contribution >= 0.6 is 0 Å². The zero-order valence-electron chi connectivity index (χ0n) is 9.75. The summed E-state index contributed by atoms with van der Waals surface area (Å²) in [5.41, 5.74) is 2.48. The van der Waals surface area contributed by atoms with Gasteiger partial charge in [0.1, 0.15) is 0 Å². The van der Waals surface area contributed by atoms with E-state index in [9.17, 15) is 0 Å². The molecule has 0 aromatic heterocycles. The molecule has 0 saturated carbocycles. The summed E-state index contributed by atoms with van der Waals surface area (Å²) >= 11 is 0. The minimum absolute atomic E-state index is 1.18. The van der Waals surface area contributed by atoms with Gasteiger partial charge < -0.3 is 0 Å². The Morgan fingerprint density at radius 2 is 1.60 bits per heavy atom. The van der Waals surface area contributed by atoms with Crippen LogP contribution in [0.2, 0.25) is 0 Å². The maximum atomic E-state index is 3.76. The van der Waals surface area contributed by atoms with Crippen LogP contribution in [0.4, 0.5) is 0 Å². The normalized spacial score (nSPS) is 9.27. The average Bonchev–Trinajstić information content (AvgIpc) is 2.30. The van der Waals surface area contributed by atoms with Crippen LogP contribution in [-0.4, -0.2) is 0 Å². The molecule has 78 valence electrons. The van der Waals surface area contributed by atoms with Gasteiger partial charge in [-0.15, -0.1) is 0 Å². The fourth-order valence-electron chi connectivity index (χ4n) is 1.51. The van der Waals surface area contributed by atoms with Gasteiger partial charge in [0.2, 0.25) is 0 Å². The Hall–Kier alpha value is -1.56. The van der Waals surface area contributed by atoms with E-state index in [-0.39, 0.29) is 0 Å². The van der Waals surface area contributed by atoms with Crippen molar-refractivity contribution in [2.24, 2.45) is 0 Å². The summed E-state index contributed by atoms with van der Waals surface area (Å²) in [5.74, 6) is 0. The second-order valence-electron chi connectivity index (χ2n) is 3.31. The summed E-state index contributed by atoms with van der Waals surface area (Å²) in [7, 11) is 0. The number of fused-ring (bicyclic) bond motifs is 1. The molecule has 0 heteroatoms. The molecule has 0 aliphatic rings. The summed E-state index contributed by atoms with van der Waals surface area (Å²) < 4.78 is 0. The van der Waals surface area contributed by atoms with Crippen LogP contribution in [0.5, 0.6) is 0 Å². The van der Waals surface area contributed by atoms with Crippen LogP contribution in [-0.2, 0) is 0 Å². The molecule has 2 aromatic rings.